The van der Waals surface area contributed by atoms with Gasteiger partial charge in [-0.25, -0.2) is 0 Å². The minimum Gasteiger partial charge on any atom is -0.317 e. The van der Waals surface area contributed by atoms with Gasteiger partial charge in [-0.3, -0.25) is 4.90 Å². The first kappa shape index (κ1) is 16.0. The topological polar surface area (TPSA) is 27.3 Å². The molecule has 2 N–H and O–H groups in total. The summed E-state index contributed by atoms with van der Waals surface area (Å²) in [4.78, 5) is 2.86. The van der Waals surface area contributed by atoms with Crippen LogP contribution in [-0.4, -0.2) is 43.2 Å². The summed E-state index contributed by atoms with van der Waals surface area (Å²) in [5, 5.41) is 7.21. The van der Waals surface area contributed by atoms with Crippen LogP contribution in [0.15, 0.2) is 30.3 Å². The van der Waals surface area contributed by atoms with Crippen molar-refractivity contribution >= 4 is 0 Å². The van der Waals surface area contributed by atoms with E-state index < -0.39 is 0 Å². The zero-order valence-electron chi connectivity index (χ0n) is 14.0. The van der Waals surface area contributed by atoms with Gasteiger partial charge in [0.2, 0.25) is 0 Å². The number of hydrogen-bond acceptors (Lipinski definition) is 3. The summed E-state index contributed by atoms with van der Waals surface area (Å²) in [6, 6.07) is 11.8. The number of unbranched alkanes of at least 4 members (excludes halogenated alkanes) is 1. The Morgan fingerprint density at radius 1 is 1.09 bits per heavy atom. The molecule has 22 heavy (non-hydrogen) atoms. The van der Waals surface area contributed by atoms with Gasteiger partial charge in [-0.1, -0.05) is 50.1 Å². The van der Waals surface area contributed by atoms with Crippen molar-refractivity contribution in [2.45, 2.75) is 50.6 Å². The molecule has 3 nitrogen and oxygen atoms in total. The Bertz CT molecular complexity index is 431. The van der Waals surface area contributed by atoms with Gasteiger partial charge >= 0.3 is 0 Å². The zero-order chi connectivity index (χ0) is 15.3. The summed E-state index contributed by atoms with van der Waals surface area (Å²) < 4.78 is 0. The molecule has 0 saturated carbocycles. The fourth-order valence-electron chi connectivity index (χ4n) is 4.28. The van der Waals surface area contributed by atoms with Gasteiger partial charge in [0.25, 0.3) is 0 Å². The summed E-state index contributed by atoms with van der Waals surface area (Å²) in [7, 11) is 0. The van der Waals surface area contributed by atoms with Crippen LogP contribution < -0.4 is 10.6 Å². The zero-order valence-corrected chi connectivity index (χ0v) is 14.0. The first-order chi connectivity index (χ1) is 10.9. The van der Waals surface area contributed by atoms with Crippen molar-refractivity contribution < 1.29 is 0 Å². The van der Waals surface area contributed by atoms with E-state index in [-0.39, 0.29) is 0 Å². The van der Waals surface area contributed by atoms with Crippen LogP contribution in [0.4, 0.5) is 0 Å². The molecule has 1 atom stereocenters. The quantitative estimate of drug-likeness (QED) is 0.875. The highest BCUT2D eigenvalue weighted by molar-refractivity contribution is 5.20. The Kier molecular flexibility index (Phi) is 5.51. The van der Waals surface area contributed by atoms with E-state index in [1.807, 2.05) is 0 Å². The predicted molar refractivity (Wildman–Crippen MR) is 93.1 cm³/mol. The third-order valence-corrected chi connectivity index (χ3v) is 5.52. The lowest BCUT2D eigenvalue weighted by Gasteiger charge is -2.53. The van der Waals surface area contributed by atoms with Crippen LogP contribution in [0.2, 0.25) is 0 Å². The van der Waals surface area contributed by atoms with Crippen molar-refractivity contribution in [1.82, 2.24) is 15.5 Å². The van der Waals surface area contributed by atoms with Gasteiger partial charge in [-0.15, -0.1) is 0 Å². The Morgan fingerprint density at radius 3 is 2.59 bits per heavy atom. The Hall–Kier alpha value is -0.900. The first-order valence-corrected chi connectivity index (χ1v) is 9.09. The summed E-state index contributed by atoms with van der Waals surface area (Å²) in [6.45, 7) is 8.10. The van der Waals surface area contributed by atoms with Crippen LogP contribution in [0.25, 0.3) is 0 Å². The third kappa shape index (κ3) is 3.37. The highest BCUT2D eigenvalue weighted by Crippen LogP contribution is 2.37. The molecule has 2 fully saturated rings. The molecule has 2 heterocycles. The summed E-state index contributed by atoms with van der Waals surface area (Å²) in [5.74, 6) is 0. The molecule has 0 aromatic heterocycles. The lowest BCUT2D eigenvalue weighted by atomic mass is 9.82. The van der Waals surface area contributed by atoms with Gasteiger partial charge in [-0.2, -0.15) is 0 Å². The number of hydrogen-bond donors (Lipinski definition) is 2. The molecule has 0 aliphatic carbocycles. The molecule has 2 saturated heterocycles. The third-order valence-electron chi connectivity index (χ3n) is 5.52. The summed E-state index contributed by atoms with van der Waals surface area (Å²) in [6.07, 6.45) is 6.43. The maximum absolute atomic E-state index is 3.67. The minimum atomic E-state index is 0.359. The number of rotatable bonds is 5. The Morgan fingerprint density at radius 2 is 1.86 bits per heavy atom. The van der Waals surface area contributed by atoms with Gasteiger partial charge < -0.3 is 10.6 Å². The van der Waals surface area contributed by atoms with Gasteiger partial charge in [0.05, 0.1) is 0 Å². The smallest absolute Gasteiger partial charge is 0.0364 e. The normalized spacial score (nSPS) is 23.5. The number of nitrogens with one attached hydrogen (secondary N) is 2. The van der Waals surface area contributed by atoms with E-state index >= 15 is 0 Å². The maximum Gasteiger partial charge on any atom is 0.0364 e. The number of piperidine rings is 1. The number of nitrogens with zero attached hydrogens (tertiary/aromatic N) is 1. The van der Waals surface area contributed by atoms with Crippen LogP contribution in [0.1, 0.15) is 50.6 Å². The molecule has 122 valence electrons. The van der Waals surface area contributed by atoms with Crippen LogP contribution >= 0.6 is 0 Å². The van der Waals surface area contributed by atoms with E-state index in [0.29, 0.717) is 11.6 Å². The highest BCUT2D eigenvalue weighted by Gasteiger charge is 2.42. The standard InChI is InChI=1S/C19H31N3/c1-2-3-9-18(17-7-5-4-6-8-17)22-15-14-21-16-19(22)10-12-20-13-11-19/h4-8,18,20-21H,2-3,9-16H2,1H3. The van der Waals surface area contributed by atoms with Crippen molar-refractivity contribution in [1.29, 1.82) is 0 Å². The van der Waals surface area contributed by atoms with Gasteiger partial charge in [-0.05, 0) is 37.9 Å². The van der Waals surface area contributed by atoms with Crippen molar-refractivity contribution in [3.63, 3.8) is 0 Å². The fourth-order valence-corrected chi connectivity index (χ4v) is 4.28. The van der Waals surface area contributed by atoms with Gasteiger partial charge in [0.15, 0.2) is 0 Å². The van der Waals surface area contributed by atoms with Crippen molar-refractivity contribution in [2.75, 3.05) is 32.7 Å². The average Bonchev–Trinajstić information content (AvgIpc) is 2.58. The number of piperazine rings is 1. The molecular formula is C19H31N3. The predicted octanol–water partition coefficient (Wildman–Crippen LogP) is 2.95. The second kappa shape index (κ2) is 7.58. The van der Waals surface area contributed by atoms with Crippen LogP contribution in [0.3, 0.4) is 0 Å². The van der Waals surface area contributed by atoms with Gasteiger partial charge in [0, 0.05) is 31.2 Å². The molecular weight excluding hydrogens is 270 g/mol. The second-order valence-electron chi connectivity index (χ2n) is 6.91. The molecule has 3 heteroatoms. The molecule has 1 spiro atoms. The Balaban J connectivity index is 1.87. The average molecular weight is 301 g/mol. The largest absolute Gasteiger partial charge is 0.317 e. The molecule has 0 bridgehead atoms. The van der Waals surface area contributed by atoms with Crippen LogP contribution in [0.5, 0.6) is 0 Å². The van der Waals surface area contributed by atoms with Crippen LogP contribution in [-0.2, 0) is 0 Å². The highest BCUT2D eigenvalue weighted by atomic mass is 15.3. The van der Waals surface area contributed by atoms with E-state index in [0.717, 1.165) is 26.2 Å². The first-order valence-electron chi connectivity index (χ1n) is 9.09. The number of benzene rings is 1. The fraction of sp³-hybridized carbons (Fsp3) is 0.684. The lowest BCUT2D eigenvalue weighted by Crippen LogP contribution is -2.65. The molecule has 1 aromatic rings. The maximum atomic E-state index is 3.67. The van der Waals surface area contributed by atoms with Crippen molar-refractivity contribution in [2.24, 2.45) is 0 Å². The van der Waals surface area contributed by atoms with Crippen molar-refractivity contribution in [3.8, 4) is 0 Å². The van der Waals surface area contributed by atoms with E-state index in [1.54, 1.807) is 0 Å². The summed E-state index contributed by atoms with van der Waals surface area (Å²) >= 11 is 0. The monoisotopic (exact) mass is 301 g/mol. The molecule has 1 aromatic carbocycles. The van der Waals surface area contributed by atoms with Gasteiger partial charge in [0.1, 0.15) is 0 Å². The molecule has 0 radical (unpaired) electrons. The molecule has 3 rings (SSSR count). The van der Waals surface area contributed by atoms with E-state index in [4.69, 9.17) is 0 Å². The van der Waals surface area contributed by atoms with E-state index in [1.165, 1.54) is 44.2 Å². The summed E-state index contributed by atoms with van der Waals surface area (Å²) in [5.41, 5.74) is 1.87. The minimum absolute atomic E-state index is 0.359. The van der Waals surface area contributed by atoms with E-state index in [2.05, 4.69) is 52.8 Å². The Labute approximate surface area is 135 Å². The van der Waals surface area contributed by atoms with E-state index in [9.17, 15) is 0 Å². The lowest BCUT2D eigenvalue weighted by molar-refractivity contribution is -0.00731. The SMILES string of the molecule is CCCCC(c1ccccc1)N1CCNCC12CCNCC2. The molecule has 2 aliphatic heterocycles. The van der Waals surface area contributed by atoms with Crippen LogP contribution in [0, 0.1) is 0 Å². The second-order valence-corrected chi connectivity index (χ2v) is 6.91. The molecule has 2 aliphatic rings. The molecule has 1 unspecified atom stereocenters. The van der Waals surface area contributed by atoms with Crippen molar-refractivity contribution in [3.05, 3.63) is 35.9 Å². The molecule has 0 amide bonds.